The van der Waals surface area contributed by atoms with Crippen LogP contribution in [0.4, 0.5) is 11.4 Å². The molecule has 128 valence electrons. The minimum absolute atomic E-state index is 0.290. The van der Waals surface area contributed by atoms with Gasteiger partial charge in [-0.05, 0) is 6.07 Å². The van der Waals surface area contributed by atoms with Crippen LogP contribution in [0.5, 0.6) is 0 Å². The lowest BCUT2D eigenvalue weighted by atomic mass is 10.1. The summed E-state index contributed by atoms with van der Waals surface area (Å²) < 4.78 is 0. The zero-order chi connectivity index (χ0) is 18.3. The van der Waals surface area contributed by atoms with Crippen molar-refractivity contribution >= 4 is 35.1 Å². The minimum Gasteiger partial charge on any atom is -0.481 e. The van der Waals surface area contributed by atoms with E-state index < -0.39 is 47.3 Å². The zero-order valence-electron chi connectivity index (χ0n) is 12.1. The smallest absolute Gasteiger partial charge is 0.337 e. The molecule has 1 aromatic carbocycles. The molecule has 0 heterocycles. The third-order valence-electron chi connectivity index (χ3n) is 2.73. The van der Waals surface area contributed by atoms with Crippen LogP contribution < -0.4 is 10.6 Å². The van der Waals surface area contributed by atoms with Gasteiger partial charge in [0, 0.05) is 18.6 Å². The molecule has 0 spiro atoms. The highest BCUT2D eigenvalue weighted by molar-refractivity contribution is 6.02. The van der Waals surface area contributed by atoms with Gasteiger partial charge in [-0.1, -0.05) is 0 Å². The van der Waals surface area contributed by atoms with Crippen molar-refractivity contribution in [2.24, 2.45) is 0 Å². The van der Waals surface area contributed by atoms with Gasteiger partial charge >= 0.3 is 11.9 Å². The standard InChI is InChI=1S/C13H13N3O8/c17-10(3-4-12(19)20)14-6-11(18)15-9-5-7(16(23)24)1-2-8(9)13(21)22/h1-2,5H,3-4,6H2,(H,14,17)(H,15,18)(H,19,20)(H,21,22). The van der Waals surface area contributed by atoms with Gasteiger partial charge in [-0.15, -0.1) is 0 Å². The van der Waals surface area contributed by atoms with Gasteiger partial charge < -0.3 is 20.8 Å². The summed E-state index contributed by atoms with van der Waals surface area (Å²) in [5.74, 6) is -4.06. The number of nitrogens with zero attached hydrogens (tertiary/aromatic N) is 1. The summed E-state index contributed by atoms with van der Waals surface area (Å²) in [7, 11) is 0. The van der Waals surface area contributed by atoms with Crippen LogP contribution in [0.1, 0.15) is 23.2 Å². The van der Waals surface area contributed by atoms with Gasteiger partial charge in [0.25, 0.3) is 5.69 Å². The number of aromatic carboxylic acids is 1. The molecule has 0 atom stereocenters. The maximum absolute atomic E-state index is 11.7. The Morgan fingerprint density at radius 1 is 1.08 bits per heavy atom. The SMILES string of the molecule is O=C(O)CCC(=O)NCC(=O)Nc1cc([N+](=O)[O-])ccc1C(=O)O. The number of carboxylic acids is 2. The summed E-state index contributed by atoms with van der Waals surface area (Å²) in [6.07, 6.45) is -0.721. The molecule has 0 bridgehead atoms. The number of nitrogens with one attached hydrogen (secondary N) is 2. The Morgan fingerprint density at radius 3 is 2.29 bits per heavy atom. The second kappa shape index (κ2) is 8.22. The molecule has 0 aliphatic rings. The molecule has 0 unspecified atom stereocenters. The van der Waals surface area contributed by atoms with Gasteiger partial charge in [0.15, 0.2) is 0 Å². The molecule has 0 aromatic heterocycles. The van der Waals surface area contributed by atoms with Crippen molar-refractivity contribution in [3.63, 3.8) is 0 Å². The van der Waals surface area contributed by atoms with Crippen LogP contribution in [0.25, 0.3) is 0 Å². The van der Waals surface area contributed by atoms with Crippen LogP contribution in [0.3, 0.4) is 0 Å². The van der Waals surface area contributed by atoms with E-state index in [2.05, 4.69) is 10.6 Å². The fourth-order valence-corrected chi connectivity index (χ4v) is 1.62. The average molecular weight is 339 g/mol. The molecule has 24 heavy (non-hydrogen) atoms. The van der Waals surface area contributed by atoms with Gasteiger partial charge in [0.05, 0.1) is 29.1 Å². The van der Waals surface area contributed by atoms with E-state index in [1.165, 1.54) is 0 Å². The molecular formula is C13H13N3O8. The van der Waals surface area contributed by atoms with E-state index in [1.807, 2.05) is 0 Å². The average Bonchev–Trinajstić information content (AvgIpc) is 2.50. The van der Waals surface area contributed by atoms with Gasteiger partial charge in [-0.2, -0.15) is 0 Å². The van der Waals surface area contributed by atoms with Crippen LogP contribution in [0, 0.1) is 10.1 Å². The molecule has 0 fully saturated rings. The highest BCUT2D eigenvalue weighted by atomic mass is 16.6. The summed E-state index contributed by atoms with van der Waals surface area (Å²) in [4.78, 5) is 54.3. The number of anilines is 1. The van der Waals surface area contributed by atoms with Crippen molar-refractivity contribution in [2.45, 2.75) is 12.8 Å². The van der Waals surface area contributed by atoms with Gasteiger partial charge in [-0.3, -0.25) is 24.5 Å². The summed E-state index contributed by atoms with van der Waals surface area (Å²) >= 11 is 0. The summed E-state index contributed by atoms with van der Waals surface area (Å²) in [6.45, 7) is -0.541. The third-order valence-corrected chi connectivity index (χ3v) is 2.73. The number of carboxylic acid groups (broad SMARTS) is 2. The number of amides is 2. The monoisotopic (exact) mass is 339 g/mol. The number of aliphatic carboxylic acids is 1. The molecule has 1 aromatic rings. The molecule has 11 nitrogen and oxygen atoms in total. The van der Waals surface area contributed by atoms with E-state index in [1.54, 1.807) is 0 Å². The number of hydrogen-bond acceptors (Lipinski definition) is 6. The van der Waals surface area contributed by atoms with E-state index in [-0.39, 0.29) is 17.7 Å². The third kappa shape index (κ3) is 5.71. The summed E-state index contributed by atoms with van der Waals surface area (Å²) in [6, 6.07) is 2.84. The van der Waals surface area contributed by atoms with Crippen LogP contribution in [-0.2, 0) is 14.4 Å². The number of non-ortho nitro benzene ring substituents is 1. The Hall–Kier alpha value is -3.50. The van der Waals surface area contributed by atoms with Crippen molar-refractivity contribution in [1.29, 1.82) is 0 Å². The van der Waals surface area contributed by atoms with Crippen LogP contribution in [0.15, 0.2) is 18.2 Å². The van der Waals surface area contributed by atoms with Crippen molar-refractivity contribution in [1.82, 2.24) is 5.32 Å². The molecule has 0 saturated heterocycles. The lowest BCUT2D eigenvalue weighted by Gasteiger charge is -2.09. The second-order valence-corrected chi connectivity index (χ2v) is 4.51. The second-order valence-electron chi connectivity index (χ2n) is 4.51. The molecule has 0 radical (unpaired) electrons. The first-order valence-electron chi connectivity index (χ1n) is 6.50. The maximum Gasteiger partial charge on any atom is 0.337 e. The predicted octanol–water partition coefficient (Wildman–Crippen LogP) is 0.213. The van der Waals surface area contributed by atoms with E-state index in [4.69, 9.17) is 10.2 Å². The van der Waals surface area contributed by atoms with Gasteiger partial charge in [-0.25, -0.2) is 4.79 Å². The Morgan fingerprint density at radius 2 is 1.75 bits per heavy atom. The number of hydrogen-bond donors (Lipinski definition) is 4. The molecule has 0 aliphatic carbocycles. The van der Waals surface area contributed by atoms with Gasteiger partial charge in [0.2, 0.25) is 11.8 Å². The number of benzene rings is 1. The Bertz CT molecular complexity index is 700. The van der Waals surface area contributed by atoms with E-state index >= 15 is 0 Å². The number of nitro benzene ring substituents is 1. The maximum atomic E-state index is 11.7. The normalized spacial score (nSPS) is 9.83. The summed E-state index contributed by atoms with van der Waals surface area (Å²) in [5, 5.41) is 32.4. The summed E-state index contributed by atoms with van der Waals surface area (Å²) in [5.41, 5.74) is -1.06. The van der Waals surface area contributed by atoms with E-state index in [0.717, 1.165) is 18.2 Å². The molecule has 4 N–H and O–H groups in total. The van der Waals surface area contributed by atoms with Gasteiger partial charge in [0.1, 0.15) is 0 Å². The molecule has 0 saturated carbocycles. The van der Waals surface area contributed by atoms with Crippen LogP contribution >= 0.6 is 0 Å². The van der Waals surface area contributed by atoms with Crippen molar-refractivity contribution in [3.05, 3.63) is 33.9 Å². The number of carbonyl (C=O) groups excluding carboxylic acids is 2. The minimum atomic E-state index is -1.40. The lowest BCUT2D eigenvalue weighted by Crippen LogP contribution is -2.33. The van der Waals surface area contributed by atoms with Crippen LogP contribution in [-0.4, -0.2) is 45.4 Å². The highest BCUT2D eigenvalue weighted by Crippen LogP contribution is 2.22. The predicted molar refractivity (Wildman–Crippen MR) is 78.6 cm³/mol. The first-order valence-corrected chi connectivity index (χ1v) is 6.50. The number of rotatable bonds is 8. The fourth-order valence-electron chi connectivity index (χ4n) is 1.62. The molecule has 11 heteroatoms. The lowest BCUT2D eigenvalue weighted by molar-refractivity contribution is -0.384. The van der Waals surface area contributed by atoms with Crippen molar-refractivity contribution in [3.8, 4) is 0 Å². The Labute approximate surface area is 134 Å². The largest absolute Gasteiger partial charge is 0.481 e. The highest BCUT2D eigenvalue weighted by Gasteiger charge is 2.17. The topological polar surface area (TPSA) is 176 Å². The quantitative estimate of drug-likeness (QED) is 0.383. The van der Waals surface area contributed by atoms with Crippen molar-refractivity contribution in [2.75, 3.05) is 11.9 Å². The molecular weight excluding hydrogens is 326 g/mol. The van der Waals surface area contributed by atoms with E-state index in [0.29, 0.717) is 0 Å². The number of nitro groups is 1. The van der Waals surface area contributed by atoms with Crippen molar-refractivity contribution < 1.29 is 34.3 Å². The first kappa shape index (κ1) is 18.5. The first-order chi connectivity index (χ1) is 11.2. The molecule has 0 aliphatic heterocycles. The number of carbonyl (C=O) groups is 4. The fraction of sp³-hybridized carbons (Fsp3) is 0.231. The van der Waals surface area contributed by atoms with E-state index in [9.17, 15) is 29.3 Å². The molecule has 2 amide bonds. The zero-order valence-corrected chi connectivity index (χ0v) is 12.1. The Kier molecular flexibility index (Phi) is 6.35. The Balaban J connectivity index is 2.73. The molecule has 1 rings (SSSR count). The van der Waals surface area contributed by atoms with Crippen LogP contribution in [0.2, 0.25) is 0 Å².